The summed E-state index contributed by atoms with van der Waals surface area (Å²) in [6, 6.07) is 0.259. The fourth-order valence-electron chi connectivity index (χ4n) is 4.14. The molecule has 7 nitrogen and oxygen atoms in total. The maximum Gasteiger partial charge on any atom is 0.306 e. The molecule has 2 heterocycles. The minimum absolute atomic E-state index is 0.0763. The number of aliphatic hydroxyl groups is 2. The third-order valence-electron chi connectivity index (χ3n) is 5.78. The van der Waals surface area contributed by atoms with Gasteiger partial charge in [-0.2, -0.15) is 0 Å². The molecule has 0 radical (unpaired) electrons. The zero-order valence-corrected chi connectivity index (χ0v) is 18.4. The molecule has 7 heteroatoms. The summed E-state index contributed by atoms with van der Waals surface area (Å²) in [7, 11) is 0. The molecule has 0 aromatic heterocycles. The van der Waals surface area contributed by atoms with Gasteiger partial charge in [-0.25, -0.2) is 0 Å². The molecule has 1 unspecified atom stereocenters. The Bertz CT molecular complexity index is 488. The summed E-state index contributed by atoms with van der Waals surface area (Å²) < 4.78 is 17.0. The lowest BCUT2D eigenvalue weighted by Gasteiger charge is -2.29. The fourth-order valence-corrected chi connectivity index (χ4v) is 4.14. The van der Waals surface area contributed by atoms with E-state index in [1.54, 1.807) is 0 Å². The van der Waals surface area contributed by atoms with Crippen molar-refractivity contribution in [3.8, 4) is 0 Å². The van der Waals surface area contributed by atoms with Crippen molar-refractivity contribution in [3.63, 3.8) is 0 Å². The van der Waals surface area contributed by atoms with Gasteiger partial charge >= 0.3 is 5.97 Å². The van der Waals surface area contributed by atoms with Crippen LogP contribution in [0.25, 0.3) is 0 Å². The van der Waals surface area contributed by atoms with E-state index in [1.807, 2.05) is 13.8 Å². The Morgan fingerprint density at radius 1 is 1.17 bits per heavy atom. The van der Waals surface area contributed by atoms with Gasteiger partial charge in [-0.1, -0.05) is 59.3 Å². The maximum atomic E-state index is 12.2. The van der Waals surface area contributed by atoms with Crippen molar-refractivity contribution in [2.24, 2.45) is 0 Å². The third kappa shape index (κ3) is 7.79. The van der Waals surface area contributed by atoms with Gasteiger partial charge in [0.05, 0.1) is 19.3 Å². The van der Waals surface area contributed by atoms with Crippen molar-refractivity contribution >= 4 is 5.97 Å². The zero-order valence-electron chi connectivity index (χ0n) is 18.4. The number of rotatable bonds is 14. The van der Waals surface area contributed by atoms with Crippen molar-refractivity contribution in [1.29, 1.82) is 0 Å². The van der Waals surface area contributed by atoms with E-state index in [9.17, 15) is 15.0 Å². The number of aliphatic hydroxyl groups excluding tert-OH is 1. The van der Waals surface area contributed by atoms with Gasteiger partial charge in [-0.3, -0.25) is 4.79 Å². The van der Waals surface area contributed by atoms with Crippen LogP contribution in [-0.2, 0) is 19.0 Å². The van der Waals surface area contributed by atoms with E-state index in [2.05, 4.69) is 12.2 Å². The van der Waals surface area contributed by atoms with Gasteiger partial charge in [0, 0.05) is 25.4 Å². The molecule has 170 valence electrons. The van der Waals surface area contributed by atoms with E-state index >= 15 is 0 Å². The maximum absolute atomic E-state index is 12.2. The van der Waals surface area contributed by atoms with Crippen molar-refractivity contribution in [2.45, 2.75) is 115 Å². The molecule has 0 aliphatic carbocycles. The molecular formula is C22H41NO6. The number of carbonyl (C=O) groups is 1. The van der Waals surface area contributed by atoms with Gasteiger partial charge in [0.15, 0.2) is 6.10 Å². The molecule has 0 aromatic rings. The Morgan fingerprint density at radius 2 is 1.86 bits per heavy atom. The Labute approximate surface area is 175 Å². The molecule has 29 heavy (non-hydrogen) atoms. The van der Waals surface area contributed by atoms with Crippen LogP contribution in [0, 0.1) is 0 Å². The smallest absolute Gasteiger partial charge is 0.306 e. The second kappa shape index (κ2) is 12.2. The quantitative estimate of drug-likeness (QED) is 0.296. The number of nitrogens with one attached hydrogen (secondary N) is 1. The lowest BCUT2D eigenvalue weighted by molar-refractivity contribution is -0.154. The summed E-state index contributed by atoms with van der Waals surface area (Å²) >= 11 is 0. The van der Waals surface area contributed by atoms with Gasteiger partial charge in [-0.15, -0.1) is 0 Å². The highest BCUT2D eigenvalue weighted by molar-refractivity contribution is 5.69. The molecule has 3 N–H and O–H groups in total. The molecule has 2 aliphatic rings. The second-order valence-electron chi connectivity index (χ2n) is 8.95. The molecule has 2 fully saturated rings. The largest absolute Gasteiger partial charge is 0.457 e. The number of hydrogen-bond donors (Lipinski definition) is 3. The minimum Gasteiger partial charge on any atom is -0.457 e. The first kappa shape index (κ1) is 24.5. The first-order chi connectivity index (χ1) is 13.9. The predicted octanol–water partition coefficient (Wildman–Crippen LogP) is 2.32. The van der Waals surface area contributed by atoms with Crippen molar-refractivity contribution in [1.82, 2.24) is 5.32 Å². The van der Waals surface area contributed by atoms with E-state index in [0.29, 0.717) is 13.0 Å². The summed E-state index contributed by atoms with van der Waals surface area (Å²) in [5, 5.41) is 24.3. The highest BCUT2D eigenvalue weighted by Crippen LogP contribution is 2.38. The highest BCUT2D eigenvalue weighted by atomic mass is 16.6. The standard InChI is InChI=1S/C22H41NO6/c1-4-5-6-7-8-9-10-11-19(25)29-18-14-27-21-20(18)28-15-22(21,26)12-17(24)13-23-16(2)3/h16-18,20-21,23-24,26H,4-15H2,1-3H3/t17?,18-,20-,21+,22+/m1/s1. The molecule has 2 aliphatic heterocycles. The van der Waals surface area contributed by atoms with Gasteiger partial charge in [-0.05, 0) is 6.42 Å². The summed E-state index contributed by atoms with van der Waals surface area (Å²) in [5.74, 6) is -0.229. The number of hydrogen-bond acceptors (Lipinski definition) is 7. The van der Waals surface area contributed by atoms with Crippen LogP contribution in [0.5, 0.6) is 0 Å². The van der Waals surface area contributed by atoms with Crippen LogP contribution in [0.1, 0.15) is 78.6 Å². The van der Waals surface area contributed by atoms with E-state index in [4.69, 9.17) is 14.2 Å². The average Bonchev–Trinajstić information content (AvgIpc) is 3.21. The van der Waals surface area contributed by atoms with Crippen LogP contribution in [0.4, 0.5) is 0 Å². The summed E-state index contributed by atoms with van der Waals surface area (Å²) in [6.45, 7) is 6.90. The molecule has 0 bridgehead atoms. The number of ether oxygens (including phenoxy) is 3. The number of fused-ring (bicyclic) bond motifs is 1. The molecule has 0 aromatic carbocycles. The summed E-state index contributed by atoms with van der Waals surface area (Å²) in [5.41, 5.74) is -1.26. The molecular weight excluding hydrogens is 374 g/mol. The second-order valence-corrected chi connectivity index (χ2v) is 8.95. The SMILES string of the molecule is CCCCCCCCCC(=O)O[C@@H]1CO[C@H]2[C@@H]1OC[C@@]2(O)CC(O)CNC(C)C. The van der Waals surface area contributed by atoms with Crippen LogP contribution in [0.2, 0.25) is 0 Å². The Kier molecular flexibility index (Phi) is 10.3. The fraction of sp³-hybridized carbons (Fsp3) is 0.955. The van der Waals surface area contributed by atoms with Crippen LogP contribution in [-0.4, -0.2) is 72.0 Å². The molecule has 2 rings (SSSR count). The zero-order chi connectivity index (χ0) is 21.3. The predicted molar refractivity (Wildman–Crippen MR) is 111 cm³/mol. The summed E-state index contributed by atoms with van der Waals surface area (Å²) in [4.78, 5) is 12.2. The molecule has 2 saturated heterocycles. The van der Waals surface area contributed by atoms with Crippen molar-refractivity contribution in [3.05, 3.63) is 0 Å². The minimum atomic E-state index is -1.26. The van der Waals surface area contributed by atoms with Crippen LogP contribution in [0.3, 0.4) is 0 Å². The first-order valence-electron chi connectivity index (χ1n) is 11.4. The molecule has 5 atom stereocenters. The van der Waals surface area contributed by atoms with Gasteiger partial charge < -0.3 is 29.7 Å². The number of esters is 1. The Hall–Kier alpha value is -0.730. The van der Waals surface area contributed by atoms with Gasteiger partial charge in [0.25, 0.3) is 0 Å². The number of carbonyl (C=O) groups excluding carboxylic acids is 1. The lowest BCUT2D eigenvalue weighted by atomic mass is 9.90. The lowest BCUT2D eigenvalue weighted by Crippen LogP contribution is -2.48. The molecule has 0 amide bonds. The van der Waals surface area contributed by atoms with Crippen molar-refractivity contribution in [2.75, 3.05) is 19.8 Å². The monoisotopic (exact) mass is 415 g/mol. The van der Waals surface area contributed by atoms with Gasteiger partial charge in [0.1, 0.15) is 17.8 Å². The van der Waals surface area contributed by atoms with Crippen LogP contribution < -0.4 is 5.32 Å². The first-order valence-corrected chi connectivity index (χ1v) is 11.4. The van der Waals surface area contributed by atoms with E-state index in [0.717, 1.165) is 19.3 Å². The van der Waals surface area contributed by atoms with Crippen LogP contribution in [0.15, 0.2) is 0 Å². The van der Waals surface area contributed by atoms with Crippen molar-refractivity contribution < 1.29 is 29.2 Å². The molecule has 0 spiro atoms. The average molecular weight is 416 g/mol. The Balaban J connectivity index is 1.69. The van der Waals surface area contributed by atoms with E-state index in [-0.39, 0.29) is 31.6 Å². The molecule has 0 saturated carbocycles. The van der Waals surface area contributed by atoms with E-state index < -0.39 is 30.0 Å². The third-order valence-corrected chi connectivity index (χ3v) is 5.78. The number of unbranched alkanes of at least 4 members (excludes halogenated alkanes) is 6. The summed E-state index contributed by atoms with van der Waals surface area (Å²) in [6.07, 6.45) is 6.40. The Morgan fingerprint density at radius 3 is 2.55 bits per heavy atom. The van der Waals surface area contributed by atoms with Crippen LogP contribution >= 0.6 is 0 Å². The topological polar surface area (TPSA) is 97.3 Å². The van der Waals surface area contributed by atoms with E-state index in [1.165, 1.54) is 25.7 Å². The normalized spacial score (nSPS) is 29.9. The highest BCUT2D eigenvalue weighted by Gasteiger charge is 2.57. The van der Waals surface area contributed by atoms with Gasteiger partial charge in [0.2, 0.25) is 0 Å².